The van der Waals surface area contributed by atoms with E-state index >= 15 is 0 Å². The van der Waals surface area contributed by atoms with Crippen molar-refractivity contribution in [3.63, 3.8) is 0 Å². The van der Waals surface area contributed by atoms with Crippen LogP contribution in [-0.4, -0.2) is 12.9 Å². The van der Waals surface area contributed by atoms with E-state index in [1.54, 1.807) is 0 Å². The Hall–Kier alpha value is 0.370. The predicted octanol–water partition coefficient (Wildman–Crippen LogP) is 3.93. The van der Waals surface area contributed by atoms with E-state index in [9.17, 15) is 4.57 Å². The summed E-state index contributed by atoms with van der Waals surface area (Å²) >= 11 is 1.24. The molecule has 1 unspecified atom stereocenters. The standard InChI is InChI=1S/C8H18O3PS/c1-3-4-5-6-7-8-13-11-12(9)10-2/h3-8H2,1-2H3/q+1. The average Bonchev–Trinajstić information content (AvgIpc) is 2.16. The highest BCUT2D eigenvalue weighted by molar-refractivity contribution is 7.97. The van der Waals surface area contributed by atoms with Crippen LogP contribution in [0.2, 0.25) is 0 Å². The van der Waals surface area contributed by atoms with Gasteiger partial charge in [-0.2, -0.15) is 0 Å². The topological polar surface area (TPSA) is 35.5 Å². The zero-order chi connectivity index (χ0) is 9.94. The van der Waals surface area contributed by atoms with Crippen molar-refractivity contribution >= 4 is 20.3 Å². The van der Waals surface area contributed by atoms with Crippen molar-refractivity contribution < 1.29 is 13.1 Å². The highest BCUT2D eigenvalue weighted by atomic mass is 32.2. The van der Waals surface area contributed by atoms with Crippen molar-refractivity contribution in [2.75, 3.05) is 12.9 Å². The van der Waals surface area contributed by atoms with Gasteiger partial charge in [0.1, 0.15) is 0 Å². The maximum atomic E-state index is 10.6. The summed E-state index contributed by atoms with van der Waals surface area (Å²) in [5, 5.41) is 0. The number of hydrogen-bond acceptors (Lipinski definition) is 4. The quantitative estimate of drug-likeness (QED) is 0.338. The maximum Gasteiger partial charge on any atom is 0.709 e. The van der Waals surface area contributed by atoms with Crippen LogP contribution in [0.4, 0.5) is 0 Å². The second kappa shape index (κ2) is 10.5. The normalized spacial score (nSPS) is 11.7. The van der Waals surface area contributed by atoms with Gasteiger partial charge in [0.15, 0.2) is 0 Å². The summed E-state index contributed by atoms with van der Waals surface area (Å²) in [5.74, 6) is 0.897. The lowest BCUT2D eigenvalue weighted by Gasteiger charge is -1.95. The van der Waals surface area contributed by atoms with Crippen molar-refractivity contribution in [2.24, 2.45) is 0 Å². The van der Waals surface area contributed by atoms with E-state index in [4.69, 9.17) is 3.97 Å². The fraction of sp³-hybridized carbons (Fsp3) is 1.00. The van der Waals surface area contributed by atoms with Crippen molar-refractivity contribution in [1.29, 1.82) is 0 Å². The van der Waals surface area contributed by atoms with Crippen molar-refractivity contribution in [3.05, 3.63) is 0 Å². The molecule has 0 saturated heterocycles. The maximum absolute atomic E-state index is 10.6. The van der Waals surface area contributed by atoms with Crippen LogP contribution >= 0.6 is 20.3 Å². The van der Waals surface area contributed by atoms with Gasteiger partial charge < -0.3 is 0 Å². The Balaban J connectivity index is 2.95. The summed E-state index contributed by atoms with van der Waals surface area (Å²) in [6.45, 7) is 2.20. The lowest BCUT2D eigenvalue weighted by molar-refractivity contribution is 0.363. The first kappa shape index (κ1) is 13.4. The van der Waals surface area contributed by atoms with Crippen molar-refractivity contribution in [2.45, 2.75) is 39.0 Å². The van der Waals surface area contributed by atoms with Gasteiger partial charge in [-0.3, -0.25) is 0 Å². The molecule has 0 aliphatic heterocycles. The van der Waals surface area contributed by atoms with E-state index in [-0.39, 0.29) is 0 Å². The molecule has 0 aromatic carbocycles. The summed E-state index contributed by atoms with van der Waals surface area (Å²) in [6.07, 6.45) is 6.20. The Kier molecular flexibility index (Phi) is 10.7. The molecular weight excluding hydrogens is 207 g/mol. The molecular formula is C8H18O3PS+. The number of rotatable bonds is 9. The summed E-state index contributed by atoms with van der Waals surface area (Å²) < 4.78 is 19.9. The van der Waals surface area contributed by atoms with E-state index < -0.39 is 8.25 Å². The van der Waals surface area contributed by atoms with Gasteiger partial charge in [0, 0.05) is 10.3 Å². The molecule has 0 aliphatic carbocycles. The molecule has 0 bridgehead atoms. The van der Waals surface area contributed by atoms with Crippen molar-refractivity contribution in [1.82, 2.24) is 0 Å². The molecule has 0 heterocycles. The zero-order valence-electron chi connectivity index (χ0n) is 8.32. The number of unbranched alkanes of at least 4 members (excludes halogenated alkanes) is 4. The van der Waals surface area contributed by atoms with Gasteiger partial charge in [-0.25, -0.2) is 0 Å². The van der Waals surface area contributed by atoms with Gasteiger partial charge in [-0.15, -0.1) is 4.52 Å². The van der Waals surface area contributed by atoms with E-state index in [1.807, 2.05) is 0 Å². The minimum absolute atomic E-state index is 0.897. The lowest BCUT2D eigenvalue weighted by Crippen LogP contribution is -1.81. The van der Waals surface area contributed by atoms with Crippen molar-refractivity contribution in [3.8, 4) is 0 Å². The fourth-order valence-electron chi connectivity index (χ4n) is 0.875. The van der Waals surface area contributed by atoms with Crippen LogP contribution in [0.5, 0.6) is 0 Å². The van der Waals surface area contributed by atoms with Crippen LogP contribution in [0.25, 0.3) is 0 Å². The molecule has 0 aromatic rings. The van der Waals surface area contributed by atoms with Gasteiger partial charge in [0.2, 0.25) is 0 Å². The molecule has 3 nitrogen and oxygen atoms in total. The van der Waals surface area contributed by atoms with Crippen LogP contribution in [-0.2, 0) is 13.1 Å². The van der Waals surface area contributed by atoms with Gasteiger partial charge in [0.25, 0.3) is 0 Å². The molecule has 0 spiro atoms. The van der Waals surface area contributed by atoms with Gasteiger partial charge in [0.05, 0.1) is 19.2 Å². The Bertz CT molecular complexity index is 133. The average molecular weight is 225 g/mol. The van der Waals surface area contributed by atoms with E-state index in [0.29, 0.717) is 0 Å². The van der Waals surface area contributed by atoms with E-state index in [0.717, 1.165) is 12.2 Å². The molecule has 0 saturated carbocycles. The Morgan fingerprint density at radius 2 is 1.92 bits per heavy atom. The van der Waals surface area contributed by atoms with E-state index in [2.05, 4.69) is 11.4 Å². The summed E-state index contributed by atoms with van der Waals surface area (Å²) in [4.78, 5) is 0. The molecule has 78 valence electrons. The Morgan fingerprint density at radius 3 is 2.54 bits per heavy atom. The van der Waals surface area contributed by atoms with Crippen LogP contribution in [0, 0.1) is 0 Å². The molecule has 0 aromatic heterocycles. The number of hydrogen-bond donors (Lipinski definition) is 0. The van der Waals surface area contributed by atoms with Gasteiger partial charge >= 0.3 is 8.25 Å². The zero-order valence-corrected chi connectivity index (χ0v) is 10.0. The predicted molar refractivity (Wildman–Crippen MR) is 56.9 cm³/mol. The third-order valence-corrected chi connectivity index (χ3v) is 3.26. The molecule has 0 rings (SSSR count). The molecule has 0 radical (unpaired) electrons. The molecule has 1 atom stereocenters. The SMILES string of the molecule is CCCCCCCSO[P+](=O)OC. The molecule has 5 heteroatoms. The monoisotopic (exact) mass is 225 g/mol. The fourth-order valence-corrected chi connectivity index (χ4v) is 2.08. The lowest BCUT2D eigenvalue weighted by atomic mass is 10.2. The summed E-state index contributed by atoms with van der Waals surface area (Å²) in [7, 11) is -0.517. The first-order valence-corrected chi connectivity index (χ1v) is 6.62. The summed E-state index contributed by atoms with van der Waals surface area (Å²) in [5.41, 5.74) is 0. The van der Waals surface area contributed by atoms with Gasteiger partial charge in [-0.05, 0) is 10.4 Å². The molecule has 0 aliphatic rings. The van der Waals surface area contributed by atoms with Gasteiger partial charge in [-0.1, -0.05) is 32.6 Å². The van der Waals surface area contributed by atoms with Crippen LogP contribution in [0.15, 0.2) is 0 Å². The Labute approximate surface area is 85.7 Å². The van der Waals surface area contributed by atoms with Crippen LogP contribution in [0.1, 0.15) is 39.0 Å². The third kappa shape index (κ3) is 10.3. The molecule has 0 fully saturated rings. The second-order valence-corrected chi connectivity index (χ2v) is 4.77. The molecule has 0 N–H and O–H groups in total. The Morgan fingerprint density at radius 1 is 1.23 bits per heavy atom. The molecule has 0 amide bonds. The largest absolute Gasteiger partial charge is 0.709 e. The van der Waals surface area contributed by atoms with Crippen LogP contribution in [0.3, 0.4) is 0 Å². The van der Waals surface area contributed by atoms with Crippen LogP contribution < -0.4 is 0 Å². The molecule has 13 heavy (non-hydrogen) atoms. The smallest absolute Gasteiger partial charge is 0.122 e. The first-order valence-electron chi connectivity index (χ1n) is 4.62. The second-order valence-electron chi connectivity index (χ2n) is 2.72. The minimum Gasteiger partial charge on any atom is -0.122 e. The highest BCUT2D eigenvalue weighted by Crippen LogP contribution is 2.29. The van der Waals surface area contributed by atoms with E-state index in [1.165, 1.54) is 44.8 Å². The summed E-state index contributed by atoms with van der Waals surface area (Å²) in [6, 6.07) is 0. The first-order chi connectivity index (χ1) is 6.31. The highest BCUT2D eigenvalue weighted by Gasteiger charge is 2.16. The third-order valence-electron chi connectivity index (χ3n) is 1.59. The minimum atomic E-state index is -1.89.